The Labute approximate surface area is 120 Å². The van der Waals surface area contributed by atoms with Crippen LogP contribution in [0.4, 0.5) is 0 Å². The summed E-state index contributed by atoms with van der Waals surface area (Å²) in [6, 6.07) is 12.0. The topological polar surface area (TPSA) is 38.1 Å². The molecule has 0 N–H and O–H groups in total. The molecule has 4 heteroatoms. The highest BCUT2D eigenvalue weighted by molar-refractivity contribution is 5.76. The van der Waals surface area contributed by atoms with Gasteiger partial charge < -0.3 is 4.90 Å². The minimum absolute atomic E-state index is 0.0996. The molecule has 0 saturated carbocycles. The van der Waals surface area contributed by atoms with Crippen molar-refractivity contribution in [2.75, 3.05) is 6.54 Å². The second-order valence-corrected chi connectivity index (χ2v) is 4.98. The average molecular weight is 271 g/mol. The van der Waals surface area contributed by atoms with E-state index in [0.717, 1.165) is 17.0 Å². The van der Waals surface area contributed by atoms with Gasteiger partial charge in [0.15, 0.2) is 0 Å². The summed E-state index contributed by atoms with van der Waals surface area (Å²) in [5, 5.41) is 4.34. The van der Waals surface area contributed by atoms with Crippen LogP contribution in [0.1, 0.15) is 23.9 Å². The van der Waals surface area contributed by atoms with Crippen LogP contribution >= 0.6 is 0 Å². The molecular formula is C16H21N3O. The van der Waals surface area contributed by atoms with Crippen LogP contribution < -0.4 is 0 Å². The summed E-state index contributed by atoms with van der Waals surface area (Å²) in [5.74, 6) is 0.0996. The Morgan fingerprint density at radius 3 is 2.50 bits per heavy atom. The standard InChI is InChI=1S/C16H21N3O/c1-4-18(11-15-8-6-5-7-9-15)16(20)12-19-14(3)10-13(2)17-19/h5-10H,4,11-12H2,1-3H3. The Balaban J connectivity index is 2.04. The van der Waals surface area contributed by atoms with Crippen LogP contribution in [0, 0.1) is 13.8 Å². The van der Waals surface area contributed by atoms with Crippen molar-refractivity contribution in [2.24, 2.45) is 0 Å². The predicted octanol–water partition coefficient (Wildman–Crippen LogP) is 2.55. The summed E-state index contributed by atoms with van der Waals surface area (Å²) >= 11 is 0. The molecule has 0 spiro atoms. The summed E-state index contributed by atoms with van der Waals surface area (Å²) in [6.45, 7) is 7.57. The molecule has 4 nitrogen and oxygen atoms in total. The summed E-state index contributed by atoms with van der Waals surface area (Å²) in [4.78, 5) is 14.2. The fourth-order valence-electron chi connectivity index (χ4n) is 2.24. The average Bonchev–Trinajstić information content (AvgIpc) is 2.75. The number of hydrogen-bond donors (Lipinski definition) is 0. The van der Waals surface area contributed by atoms with E-state index in [2.05, 4.69) is 5.10 Å². The van der Waals surface area contributed by atoms with Crippen molar-refractivity contribution < 1.29 is 4.79 Å². The van der Waals surface area contributed by atoms with Crippen LogP contribution in [0.2, 0.25) is 0 Å². The Morgan fingerprint density at radius 2 is 1.95 bits per heavy atom. The summed E-state index contributed by atoms with van der Waals surface area (Å²) in [7, 11) is 0. The molecule has 1 heterocycles. The highest BCUT2D eigenvalue weighted by Gasteiger charge is 2.14. The van der Waals surface area contributed by atoms with E-state index in [1.165, 1.54) is 0 Å². The van der Waals surface area contributed by atoms with Crippen LogP contribution in [-0.4, -0.2) is 27.1 Å². The van der Waals surface area contributed by atoms with Crippen LogP contribution in [0.3, 0.4) is 0 Å². The molecule has 0 fully saturated rings. The van der Waals surface area contributed by atoms with Crippen LogP contribution in [0.15, 0.2) is 36.4 Å². The second kappa shape index (κ2) is 6.37. The van der Waals surface area contributed by atoms with Gasteiger partial charge in [0, 0.05) is 18.8 Å². The first-order valence-corrected chi connectivity index (χ1v) is 6.93. The SMILES string of the molecule is CCN(Cc1ccccc1)C(=O)Cn1nc(C)cc1C. The third kappa shape index (κ3) is 3.47. The molecule has 0 saturated heterocycles. The molecule has 0 unspecified atom stereocenters. The largest absolute Gasteiger partial charge is 0.337 e. The molecule has 20 heavy (non-hydrogen) atoms. The first-order valence-electron chi connectivity index (χ1n) is 6.93. The van der Waals surface area contributed by atoms with E-state index < -0.39 is 0 Å². The molecule has 106 valence electrons. The van der Waals surface area contributed by atoms with Crippen molar-refractivity contribution in [3.8, 4) is 0 Å². The van der Waals surface area contributed by atoms with E-state index in [4.69, 9.17) is 0 Å². The monoisotopic (exact) mass is 271 g/mol. The van der Waals surface area contributed by atoms with Gasteiger partial charge in [-0.15, -0.1) is 0 Å². The van der Waals surface area contributed by atoms with Crippen LogP contribution in [0.25, 0.3) is 0 Å². The van der Waals surface area contributed by atoms with Gasteiger partial charge in [-0.25, -0.2) is 0 Å². The van der Waals surface area contributed by atoms with Gasteiger partial charge in [0.05, 0.1) is 5.69 Å². The van der Waals surface area contributed by atoms with E-state index in [0.29, 0.717) is 19.6 Å². The minimum atomic E-state index is 0.0996. The zero-order chi connectivity index (χ0) is 14.5. The number of carbonyl (C=O) groups is 1. The van der Waals surface area contributed by atoms with Gasteiger partial charge in [0.1, 0.15) is 6.54 Å². The van der Waals surface area contributed by atoms with E-state index >= 15 is 0 Å². The number of carbonyl (C=O) groups excluding carboxylic acids is 1. The molecule has 2 aromatic rings. The normalized spacial score (nSPS) is 10.6. The fraction of sp³-hybridized carbons (Fsp3) is 0.375. The smallest absolute Gasteiger partial charge is 0.244 e. The highest BCUT2D eigenvalue weighted by atomic mass is 16.2. The van der Waals surface area contributed by atoms with Crippen molar-refractivity contribution in [2.45, 2.75) is 33.9 Å². The lowest BCUT2D eigenvalue weighted by Gasteiger charge is -2.21. The number of likely N-dealkylation sites (N-methyl/N-ethyl adjacent to an activating group) is 1. The molecule has 0 atom stereocenters. The van der Waals surface area contributed by atoms with Crippen molar-refractivity contribution >= 4 is 5.91 Å². The number of aryl methyl sites for hydroxylation is 2. The Bertz CT molecular complexity index is 575. The van der Waals surface area contributed by atoms with Crippen molar-refractivity contribution in [1.29, 1.82) is 0 Å². The Morgan fingerprint density at radius 1 is 1.25 bits per heavy atom. The van der Waals surface area contributed by atoms with E-state index in [-0.39, 0.29) is 5.91 Å². The number of aromatic nitrogens is 2. The van der Waals surface area contributed by atoms with Crippen molar-refractivity contribution in [1.82, 2.24) is 14.7 Å². The molecule has 0 aliphatic rings. The van der Waals surface area contributed by atoms with Crippen molar-refractivity contribution in [3.63, 3.8) is 0 Å². The lowest BCUT2D eigenvalue weighted by atomic mass is 10.2. The number of amides is 1. The molecule has 0 radical (unpaired) electrons. The zero-order valence-corrected chi connectivity index (χ0v) is 12.3. The molecular weight excluding hydrogens is 250 g/mol. The third-order valence-electron chi connectivity index (χ3n) is 3.34. The molecule has 1 aromatic carbocycles. The summed E-state index contributed by atoms with van der Waals surface area (Å²) in [5.41, 5.74) is 3.11. The van der Waals surface area contributed by atoms with E-state index in [9.17, 15) is 4.79 Å². The molecule has 2 rings (SSSR count). The molecule has 0 aliphatic heterocycles. The van der Waals surface area contributed by atoms with Gasteiger partial charge in [-0.3, -0.25) is 9.48 Å². The van der Waals surface area contributed by atoms with E-state index in [1.807, 2.05) is 62.1 Å². The maximum Gasteiger partial charge on any atom is 0.244 e. The van der Waals surface area contributed by atoms with Crippen LogP contribution in [-0.2, 0) is 17.9 Å². The van der Waals surface area contributed by atoms with E-state index in [1.54, 1.807) is 4.68 Å². The lowest BCUT2D eigenvalue weighted by molar-refractivity contribution is -0.132. The number of hydrogen-bond acceptors (Lipinski definition) is 2. The lowest BCUT2D eigenvalue weighted by Crippen LogP contribution is -2.33. The van der Waals surface area contributed by atoms with Gasteiger partial charge in [-0.05, 0) is 32.4 Å². The van der Waals surface area contributed by atoms with Gasteiger partial charge in [0.2, 0.25) is 5.91 Å². The van der Waals surface area contributed by atoms with Gasteiger partial charge in [0.25, 0.3) is 0 Å². The minimum Gasteiger partial charge on any atom is -0.337 e. The first-order chi connectivity index (χ1) is 9.60. The number of nitrogens with zero attached hydrogens (tertiary/aromatic N) is 3. The van der Waals surface area contributed by atoms with Gasteiger partial charge >= 0.3 is 0 Å². The summed E-state index contributed by atoms with van der Waals surface area (Å²) < 4.78 is 1.77. The van der Waals surface area contributed by atoms with Gasteiger partial charge in [-0.1, -0.05) is 30.3 Å². The number of rotatable bonds is 5. The fourth-order valence-corrected chi connectivity index (χ4v) is 2.24. The second-order valence-electron chi connectivity index (χ2n) is 4.98. The molecule has 1 amide bonds. The molecule has 0 bridgehead atoms. The van der Waals surface area contributed by atoms with Crippen LogP contribution in [0.5, 0.6) is 0 Å². The maximum atomic E-state index is 12.4. The van der Waals surface area contributed by atoms with Gasteiger partial charge in [-0.2, -0.15) is 5.10 Å². The predicted molar refractivity (Wildman–Crippen MR) is 79.2 cm³/mol. The maximum absolute atomic E-state index is 12.4. The quantitative estimate of drug-likeness (QED) is 0.838. The number of benzene rings is 1. The summed E-state index contributed by atoms with van der Waals surface area (Å²) in [6.07, 6.45) is 0. The van der Waals surface area contributed by atoms with Crippen molar-refractivity contribution in [3.05, 3.63) is 53.3 Å². The Hall–Kier alpha value is -2.10. The molecule has 1 aromatic heterocycles. The Kier molecular flexibility index (Phi) is 4.56. The molecule has 0 aliphatic carbocycles. The first kappa shape index (κ1) is 14.3. The zero-order valence-electron chi connectivity index (χ0n) is 12.3. The third-order valence-corrected chi connectivity index (χ3v) is 3.34. The highest BCUT2D eigenvalue weighted by Crippen LogP contribution is 2.07.